The molecule has 5 rings (SSSR count). The topological polar surface area (TPSA) is 196 Å². The molecule has 15 heteroatoms. The summed E-state index contributed by atoms with van der Waals surface area (Å²) >= 11 is 0. The Bertz CT molecular complexity index is 1700. The standard InChI is InChI=1S/C42H58N6O9/c1-4-12-32(38(51)40(53)43-25-35(50)46-36(41(54)47(2)3)28-14-7-5-8-15-28)44-39(52)33-24-31-26-48(33)42(55)37(29-16-9-6-10-17-29)45-34(49)20-19-27-13-11-18-30(23-27)56-21-22-57-31/h5,7-8,11,13-15,18,23,29,31-33,35-37,46,50H,4,6,9-10,12,16-17,19-22,24-26H2,1-3H3,(H,43,53)(H,44,52)(H,45,49)/t31?,32-,33+,35?,36+,37+/m1/s1. The van der Waals surface area contributed by atoms with E-state index in [-0.39, 0.29) is 62.7 Å². The Morgan fingerprint density at radius 1 is 0.982 bits per heavy atom. The van der Waals surface area contributed by atoms with Gasteiger partial charge in [0.25, 0.3) is 5.91 Å². The zero-order chi connectivity index (χ0) is 40.9. The molecule has 0 radical (unpaired) electrons. The van der Waals surface area contributed by atoms with Crippen LogP contribution in [0.4, 0.5) is 0 Å². The van der Waals surface area contributed by atoms with Crippen molar-refractivity contribution in [3.05, 3.63) is 65.7 Å². The molecule has 3 aliphatic rings. The van der Waals surface area contributed by atoms with Gasteiger partial charge in [0.1, 0.15) is 36.7 Å². The summed E-state index contributed by atoms with van der Waals surface area (Å²) in [6.45, 7) is 1.96. The van der Waals surface area contributed by atoms with Gasteiger partial charge in [0, 0.05) is 33.5 Å². The van der Waals surface area contributed by atoms with Gasteiger partial charge in [0.15, 0.2) is 0 Å². The summed E-state index contributed by atoms with van der Waals surface area (Å²) in [6.07, 6.45) is 3.92. The number of benzene rings is 2. The van der Waals surface area contributed by atoms with E-state index in [1.54, 1.807) is 44.4 Å². The van der Waals surface area contributed by atoms with Crippen molar-refractivity contribution in [3.8, 4) is 5.75 Å². The van der Waals surface area contributed by atoms with Crippen LogP contribution in [0.1, 0.15) is 81.9 Å². The first kappa shape index (κ1) is 43.3. The van der Waals surface area contributed by atoms with Gasteiger partial charge in [-0.15, -0.1) is 0 Å². The normalized spacial score (nSPS) is 22.3. The van der Waals surface area contributed by atoms with Crippen LogP contribution >= 0.6 is 0 Å². The van der Waals surface area contributed by atoms with E-state index in [9.17, 15) is 33.9 Å². The minimum atomic E-state index is -1.39. The largest absolute Gasteiger partial charge is 0.491 e. The average molecular weight is 791 g/mol. The molecule has 2 fully saturated rings. The number of hydrogen-bond donors (Lipinski definition) is 5. The first-order valence-corrected chi connectivity index (χ1v) is 20.2. The summed E-state index contributed by atoms with van der Waals surface area (Å²) in [6, 6.07) is 12.4. The van der Waals surface area contributed by atoms with Crippen LogP contribution in [-0.2, 0) is 39.9 Å². The number of carbonyl (C=O) groups excluding carboxylic acids is 6. The van der Waals surface area contributed by atoms with Crippen LogP contribution in [-0.4, -0.2) is 121 Å². The molecule has 0 spiro atoms. The van der Waals surface area contributed by atoms with Crippen molar-refractivity contribution in [2.45, 2.75) is 108 Å². The van der Waals surface area contributed by atoms with Crippen molar-refractivity contribution in [2.75, 3.05) is 40.4 Å². The molecule has 5 N–H and O–H groups in total. The molecule has 57 heavy (non-hydrogen) atoms. The third kappa shape index (κ3) is 12.1. The third-order valence-corrected chi connectivity index (χ3v) is 10.9. The van der Waals surface area contributed by atoms with Crippen molar-refractivity contribution in [1.82, 2.24) is 31.1 Å². The number of carbonyl (C=O) groups is 6. The van der Waals surface area contributed by atoms with E-state index >= 15 is 0 Å². The van der Waals surface area contributed by atoms with Crippen LogP contribution in [0.3, 0.4) is 0 Å². The molecule has 15 nitrogen and oxygen atoms in total. The van der Waals surface area contributed by atoms with Crippen LogP contribution in [0, 0.1) is 5.92 Å². The average Bonchev–Trinajstić information content (AvgIpc) is 3.66. The summed E-state index contributed by atoms with van der Waals surface area (Å²) in [5.41, 5.74) is 1.54. The number of aliphatic hydroxyl groups excluding tert-OH is 1. The van der Waals surface area contributed by atoms with Crippen molar-refractivity contribution in [2.24, 2.45) is 5.92 Å². The summed E-state index contributed by atoms with van der Waals surface area (Å²) in [4.78, 5) is 84.5. The van der Waals surface area contributed by atoms with Crippen molar-refractivity contribution in [3.63, 3.8) is 0 Å². The lowest BCUT2D eigenvalue weighted by Crippen LogP contribution is -2.58. The molecule has 4 bridgehead atoms. The summed E-state index contributed by atoms with van der Waals surface area (Å²) in [7, 11) is 3.18. The fourth-order valence-electron chi connectivity index (χ4n) is 7.83. The van der Waals surface area contributed by atoms with Gasteiger partial charge in [0.2, 0.25) is 29.4 Å². The van der Waals surface area contributed by atoms with E-state index in [0.29, 0.717) is 24.2 Å². The van der Waals surface area contributed by atoms with Gasteiger partial charge in [-0.3, -0.25) is 34.1 Å². The van der Waals surface area contributed by atoms with E-state index in [1.807, 2.05) is 31.2 Å². The Balaban J connectivity index is 1.28. The molecule has 310 valence electrons. The fraction of sp³-hybridized carbons (Fsp3) is 0.571. The van der Waals surface area contributed by atoms with E-state index in [0.717, 1.165) is 37.7 Å². The lowest BCUT2D eigenvalue weighted by atomic mass is 9.83. The fourth-order valence-corrected chi connectivity index (χ4v) is 7.83. The first-order valence-electron chi connectivity index (χ1n) is 20.2. The minimum Gasteiger partial charge on any atom is -0.491 e. The molecule has 5 amide bonds. The maximum atomic E-state index is 14.5. The number of hydrogen-bond acceptors (Lipinski definition) is 10. The van der Waals surface area contributed by atoms with E-state index in [1.165, 1.54) is 9.80 Å². The summed E-state index contributed by atoms with van der Waals surface area (Å²) in [5, 5.41) is 21.8. The minimum absolute atomic E-state index is 0.0959. The molecular weight excluding hydrogens is 732 g/mol. The van der Waals surface area contributed by atoms with Gasteiger partial charge in [0.05, 0.1) is 25.3 Å². The third-order valence-electron chi connectivity index (χ3n) is 10.9. The maximum Gasteiger partial charge on any atom is 0.289 e. The lowest BCUT2D eigenvalue weighted by Gasteiger charge is -2.35. The number of ketones is 1. The number of aryl methyl sites for hydroxylation is 1. The van der Waals surface area contributed by atoms with Crippen LogP contribution in [0.5, 0.6) is 5.75 Å². The maximum absolute atomic E-state index is 14.5. The van der Waals surface area contributed by atoms with Gasteiger partial charge >= 0.3 is 0 Å². The number of fused-ring (bicyclic) bond motifs is 4. The number of amides is 5. The predicted molar refractivity (Wildman–Crippen MR) is 210 cm³/mol. The summed E-state index contributed by atoms with van der Waals surface area (Å²) < 4.78 is 12.0. The Kier molecular flexibility index (Phi) is 16.0. The Morgan fingerprint density at radius 2 is 1.74 bits per heavy atom. The molecule has 1 aliphatic carbocycles. The highest BCUT2D eigenvalue weighted by Gasteiger charge is 2.45. The Morgan fingerprint density at radius 3 is 2.46 bits per heavy atom. The Labute approximate surface area is 334 Å². The number of rotatable bonds is 13. The molecule has 2 aromatic carbocycles. The molecule has 1 saturated carbocycles. The quantitative estimate of drug-likeness (QED) is 0.148. The highest BCUT2D eigenvalue weighted by atomic mass is 16.5. The van der Waals surface area contributed by atoms with Crippen LogP contribution < -0.4 is 26.0 Å². The molecular formula is C42H58N6O9. The molecule has 0 aromatic heterocycles. The van der Waals surface area contributed by atoms with Crippen LogP contribution in [0.15, 0.2) is 54.6 Å². The smallest absolute Gasteiger partial charge is 0.289 e. The Hall–Kier alpha value is -4.86. The second-order valence-electron chi connectivity index (χ2n) is 15.4. The molecule has 1 saturated heterocycles. The SMILES string of the molecule is CCC[C@@H](NC(=O)[C@@H]1CC2CN1C(=O)[C@H](C1CCCCC1)NC(=O)CCc1cccc(c1)OCCO2)C(=O)C(=O)NCC(O)N[C@H](C(=O)N(C)C)c1ccccc1. The van der Waals surface area contributed by atoms with Crippen molar-refractivity contribution in [1.29, 1.82) is 0 Å². The molecule has 6 atom stereocenters. The van der Waals surface area contributed by atoms with E-state index < -0.39 is 60.6 Å². The zero-order valence-electron chi connectivity index (χ0n) is 33.2. The monoisotopic (exact) mass is 790 g/mol. The number of nitrogens with one attached hydrogen (secondary N) is 4. The number of nitrogens with zero attached hydrogens (tertiary/aromatic N) is 2. The lowest BCUT2D eigenvalue weighted by molar-refractivity contribution is -0.144. The number of likely N-dealkylation sites (N-methyl/N-ethyl adjacent to an activating group) is 1. The van der Waals surface area contributed by atoms with Gasteiger partial charge in [-0.2, -0.15) is 0 Å². The zero-order valence-corrected chi connectivity index (χ0v) is 33.2. The summed E-state index contributed by atoms with van der Waals surface area (Å²) in [5.74, 6) is -2.93. The number of ether oxygens (including phenoxy) is 2. The van der Waals surface area contributed by atoms with Gasteiger partial charge in [-0.25, -0.2) is 0 Å². The molecule has 2 unspecified atom stereocenters. The first-order chi connectivity index (χ1) is 27.4. The molecule has 2 aliphatic heterocycles. The molecule has 2 heterocycles. The van der Waals surface area contributed by atoms with E-state index in [2.05, 4.69) is 21.3 Å². The number of aliphatic hydroxyl groups is 1. The van der Waals surface area contributed by atoms with Crippen LogP contribution in [0.25, 0.3) is 0 Å². The van der Waals surface area contributed by atoms with Gasteiger partial charge < -0.3 is 40.3 Å². The highest BCUT2D eigenvalue weighted by molar-refractivity contribution is 6.38. The number of Topliss-reactive ketones (excluding diaryl/α,β-unsaturated/α-hetero) is 1. The van der Waals surface area contributed by atoms with Crippen LogP contribution in [0.2, 0.25) is 0 Å². The predicted octanol–water partition coefficient (Wildman–Crippen LogP) is 1.77. The van der Waals surface area contributed by atoms with Crippen molar-refractivity contribution >= 4 is 35.3 Å². The second-order valence-corrected chi connectivity index (χ2v) is 15.4. The second kappa shape index (κ2) is 21.1. The van der Waals surface area contributed by atoms with Gasteiger partial charge in [-0.05, 0) is 54.9 Å². The highest BCUT2D eigenvalue weighted by Crippen LogP contribution is 2.30. The van der Waals surface area contributed by atoms with Gasteiger partial charge in [-0.1, -0.05) is 75.1 Å². The van der Waals surface area contributed by atoms with Crippen molar-refractivity contribution < 1.29 is 43.3 Å². The molecule has 2 aromatic rings. The van der Waals surface area contributed by atoms with E-state index in [4.69, 9.17) is 9.47 Å².